The molecular weight excluding hydrogens is 536 g/mol. The Hall–Kier alpha value is -3.07. The number of aryl methyl sites for hydroxylation is 1. The molecule has 2 fully saturated rings. The van der Waals surface area contributed by atoms with Crippen LogP contribution >= 0.6 is 23.4 Å². The van der Waals surface area contributed by atoms with Crippen molar-refractivity contribution in [2.45, 2.75) is 35.4 Å². The average molecular weight is 565 g/mol. The van der Waals surface area contributed by atoms with Gasteiger partial charge in [0, 0.05) is 11.8 Å². The summed E-state index contributed by atoms with van der Waals surface area (Å²) in [6.45, 7) is 2.00. The first-order chi connectivity index (χ1) is 18.9. The van der Waals surface area contributed by atoms with E-state index < -0.39 is 34.6 Å². The van der Waals surface area contributed by atoms with E-state index in [0.29, 0.717) is 17.1 Å². The van der Waals surface area contributed by atoms with Crippen LogP contribution in [0.5, 0.6) is 0 Å². The molecule has 7 nitrogen and oxygen atoms in total. The second-order valence-electron chi connectivity index (χ2n) is 10.4. The van der Waals surface area contributed by atoms with Crippen molar-refractivity contribution in [3.63, 3.8) is 0 Å². The van der Waals surface area contributed by atoms with Gasteiger partial charge in [-0.25, -0.2) is 0 Å². The Morgan fingerprint density at radius 1 is 1.10 bits per heavy atom. The molecule has 9 heteroatoms. The molecule has 4 aliphatic heterocycles. The van der Waals surface area contributed by atoms with Gasteiger partial charge < -0.3 is 19.6 Å². The van der Waals surface area contributed by atoms with E-state index in [1.165, 1.54) is 11.8 Å². The highest BCUT2D eigenvalue weighted by atomic mass is 35.5. The third-order valence-corrected chi connectivity index (χ3v) is 10.3. The number of hydrogen-bond acceptors (Lipinski definition) is 6. The van der Waals surface area contributed by atoms with Crippen molar-refractivity contribution in [2.75, 3.05) is 24.7 Å². The molecule has 1 unspecified atom stereocenters. The van der Waals surface area contributed by atoms with Gasteiger partial charge in [-0.2, -0.15) is 0 Å². The molecule has 1 N–H and O–H groups in total. The zero-order valence-electron chi connectivity index (χ0n) is 21.4. The first-order valence-corrected chi connectivity index (χ1v) is 14.4. The molecule has 4 aliphatic rings. The monoisotopic (exact) mass is 564 g/mol. The number of ether oxygens (including phenoxy) is 1. The van der Waals surface area contributed by atoms with Crippen molar-refractivity contribution in [2.24, 2.45) is 11.8 Å². The maximum Gasteiger partial charge on any atom is 0.311 e. The van der Waals surface area contributed by atoms with E-state index in [4.69, 9.17) is 16.3 Å². The molecule has 0 radical (unpaired) electrons. The van der Waals surface area contributed by atoms with Crippen LogP contribution in [0.25, 0.3) is 0 Å². The lowest BCUT2D eigenvalue weighted by molar-refractivity contribution is -0.152. The molecule has 202 valence electrons. The van der Waals surface area contributed by atoms with Gasteiger partial charge in [0.15, 0.2) is 0 Å². The van der Waals surface area contributed by atoms with E-state index in [0.717, 1.165) is 11.1 Å². The summed E-state index contributed by atoms with van der Waals surface area (Å²) in [7, 11) is 0. The zero-order valence-corrected chi connectivity index (χ0v) is 23.0. The van der Waals surface area contributed by atoms with Crippen LogP contribution < -0.4 is 4.90 Å². The fourth-order valence-electron chi connectivity index (χ4n) is 6.60. The molecule has 0 aliphatic carbocycles. The van der Waals surface area contributed by atoms with Gasteiger partial charge in [0.05, 0.1) is 39.9 Å². The minimum atomic E-state index is -1.00. The standard InChI is InChI=1S/C30H29ClN2O5S/c1-18-8-5-11-21(31)25(18)32-14-7-13-30-24(23-22(39-30)12-6-15-38-29(23)37)27(35)33(26(30)28(32)36)20(17-34)16-19-9-3-2-4-10-19/h2-13,20,22-24,26,34H,14-17H2,1H3/t20-,22-,23+,24+,26?,30+/m1/s1. The fraction of sp³-hybridized carbons (Fsp3) is 0.367. The highest BCUT2D eigenvalue weighted by Crippen LogP contribution is 2.61. The Morgan fingerprint density at radius 2 is 1.90 bits per heavy atom. The van der Waals surface area contributed by atoms with E-state index in [1.807, 2.05) is 67.6 Å². The molecule has 2 aromatic rings. The van der Waals surface area contributed by atoms with Gasteiger partial charge in [-0.05, 0) is 30.5 Å². The Bertz CT molecular complexity index is 1360. The largest absolute Gasteiger partial charge is 0.461 e. The number of anilines is 1. The molecule has 6 atom stereocenters. The van der Waals surface area contributed by atoms with E-state index in [2.05, 4.69) is 0 Å². The number of amides is 2. The Balaban J connectivity index is 1.50. The highest BCUT2D eigenvalue weighted by Gasteiger charge is 2.72. The number of esters is 1. The summed E-state index contributed by atoms with van der Waals surface area (Å²) in [5, 5.41) is 10.8. The summed E-state index contributed by atoms with van der Waals surface area (Å²) in [6, 6.07) is 13.5. The van der Waals surface area contributed by atoms with Gasteiger partial charge in [0.2, 0.25) is 5.91 Å². The Labute approximate surface area is 236 Å². The second kappa shape index (κ2) is 10.2. The van der Waals surface area contributed by atoms with E-state index in [1.54, 1.807) is 21.9 Å². The summed E-state index contributed by atoms with van der Waals surface area (Å²) in [5.74, 6) is -2.54. The van der Waals surface area contributed by atoms with Crippen molar-refractivity contribution >= 4 is 46.8 Å². The van der Waals surface area contributed by atoms with E-state index >= 15 is 0 Å². The maximum absolute atomic E-state index is 14.7. The summed E-state index contributed by atoms with van der Waals surface area (Å²) < 4.78 is 4.45. The number of rotatable bonds is 5. The van der Waals surface area contributed by atoms with Crippen LogP contribution in [0.15, 0.2) is 72.8 Å². The number of cyclic esters (lactones) is 1. The fourth-order valence-corrected chi connectivity index (χ4v) is 8.92. The summed E-state index contributed by atoms with van der Waals surface area (Å²) in [6.07, 6.45) is 7.95. The third kappa shape index (κ3) is 4.12. The van der Waals surface area contributed by atoms with Crippen molar-refractivity contribution in [1.82, 2.24) is 4.90 Å². The number of carbonyl (C=O) groups is 3. The maximum atomic E-state index is 14.7. The minimum absolute atomic E-state index is 0.162. The molecule has 0 saturated carbocycles. The average Bonchev–Trinajstić information content (AvgIpc) is 3.23. The molecule has 0 bridgehead atoms. The molecular formula is C30H29ClN2O5S. The summed E-state index contributed by atoms with van der Waals surface area (Å²) in [5.41, 5.74) is 2.38. The number of aliphatic hydroxyl groups is 1. The molecule has 6 rings (SSSR count). The number of aliphatic hydroxyl groups excluding tert-OH is 1. The van der Waals surface area contributed by atoms with Crippen molar-refractivity contribution < 1.29 is 24.2 Å². The lowest BCUT2D eigenvalue weighted by Crippen LogP contribution is -2.57. The number of hydrogen-bond donors (Lipinski definition) is 1. The predicted molar refractivity (Wildman–Crippen MR) is 151 cm³/mol. The first kappa shape index (κ1) is 26.2. The van der Waals surface area contributed by atoms with E-state index in [9.17, 15) is 19.5 Å². The Morgan fingerprint density at radius 3 is 2.64 bits per heavy atom. The highest BCUT2D eigenvalue weighted by molar-refractivity contribution is 8.02. The predicted octanol–water partition coefficient (Wildman–Crippen LogP) is 3.57. The van der Waals surface area contributed by atoms with Crippen LogP contribution in [0.1, 0.15) is 11.1 Å². The van der Waals surface area contributed by atoms with Crippen molar-refractivity contribution in [3.05, 3.63) is 89.0 Å². The van der Waals surface area contributed by atoms with Gasteiger partial charge in [0.1, 0.15) is 12.6 Å². The van der Waals surface area contributed by atoms with Crippen molar-refractivity contribution in [1.29, 1.82) is 0 Å². The van der Waals surface area contributed by atoms with Gasteiger partial charge in [-0.3, -0.25) is 14.4 Å². The van der Waals surface area contributed by atoms with Crippen molar-refractivity contribution in [3.8, 4) is 0 Å². The number of thioether (sulfide) groups is 1. The topological polar surface area (TPSA) is 87.2 Å². The van der Waals surface area contributed by atoms with Gasteiger partial charge in [0.25, 0.3) is 5.91 Å². The molecule has 39 heavy (non-hydrogen) atoms. The number of halogens is 1. The number of likely N-dealkylation sites (tertiary alicyclic amines) is 1. The Kier molecular flexibility index (Phi) is 6.81. The zero-order chi connectivity index (χ0) is 27.3. The van der Waals surface area contributed by atoms with Crippen LogP contribution in [-0.2, 0) is 25.5 Å². The van der Waals surface area contributed by atoms with Gasteiger partial charge in [-0.15, -0.1) is 11.8 Å². The minimum Gasteiger partial charge on any atom is -0.461 e. The van der Waals surface area contributed by atoms with Crippen LogP contribution in [0.4, 0.5) is 5.69 Å². The smallest absolute Gasteiger partial charge is 0.311 e. The molecule has 4 heterocycles. The normalized spacial score (nSPS) is 30.4. The molecule has 0 aromatic heterocycles. The lowest BCUT2D eigenvalue weighted by atomic mass is 9.78. The van der Waals surface area contributed by atoms with Crippen LogP contribution in [0.2, 0.25) is 5.02 Å². The quantitative estimate of drug-likeness (QED) is 0.441. The molecule has 2 amide bonds. The summed E-state index contributed by atoms with van der Waals surface area (Å²) >= 11 is 8.10. The lowest BCUT2D eigenvalue weighted by Gasteiger charge is -2.39. The summed E-state index contributed by atoms with van der Waals surface area (Å²) in [4.78, 5) is 45.5. The molecule has 2 saturated heterocycles. The van der Waals surface area contributed by atoms with Crippen LogP contribution in [0.3, 0.4) is 0 Å². The third-order valence-electron chi connectivity index (χ3n) is 8.23. The van der Waals surface area contributed by atoms with Gasteiger partial charge >= 0.3 is 5.97 Å². The van der Waals surface area contributed by atoms with Crippen LogP contribution in [0, 0.1) is 18.8 Å². The number of benzene rings is 2. The first-order valence-electron chi connectivity index (χ1n) is 13.1. The molecule has 2 aromatic carbocycles. The second-order valence-corrected chi connectivity index (χ2v) is 12.3. The SMILES string of the molecule is Cc1cccc(Cl)c1N1CC=C[C@]23S[C@@H]4C=CCOC(=O)[C@@H]4[C@H]2C(=O)N([C@@H](CO)Cc2ccccc2)C3C1=O. The number of carbonyl (C=O) groups excluding carboxylic acids is 3. The number of para-hydroxylation sites is 1. The number of nitrogens with zero attached hydrogens (tertiary/aromatic N) is 2. The van der Waals surface area contributed by atoms with Gasteiger partial charge in [-0.1, -0.05) is 78.4 Å². The van der Waals surface area contributed by atoms with Crippen LogP contribution in [-0.4, -0.2) is 69.6 Å². The molecule has 1 spiro atoms. The number of fused-ring (bicyclic) bond motifs is 2. The van der Waals surface area contributed by atoms with E-state index in [-0.39, 0.29) is 36.8 Å².